The van der Waals surface area contributed by atoms with Gasteiger partial charge in [0.25, 0.3) is 0 Å². The molecule has 0 aromatic rings. The molecule has 0 saturated carbocycles. The van der Waals surface area contributed by atoms with Crippen LogP contribution in [0.1, 0.15) is 33.1 Å². The van der Waals surface area contributed by atoms with Gasteiger partial charge < -0.3 is 14.3 Å². The lowest BCUT2D eigenvalue weighted by molar-refractivity contribution is -0.149. The number of hydrogen-bond donors (Lipinski definition) is 0. The summed E-state index contributed by atoms with van der Waals surface area (Å²) in [4.78, 5) is 35.7. The number of amides is 1. The molecule has 1 rings (SSSR count). The number of aldehydes is 1. The van der Waals surface area contributed by atoms with Crippen LogP contribution in [0, 0.1) is 5.92 Å². The Hall–Kier alpha value is -1.59. The minimum atomic E-state index is -0.626. The molecule has 19 heavy (non-hydrogen) atoms. The molecule has 108 valence electrons. The van der Waals surface area contributed by atoms with Crippen molar-refractivity contribution in [2.75, 3.05) is 19.8 Å². The average molecular weight is 271 g/mol. The first kappa shape index (κ1) is 15.5. The summed E-state index contributed by atoms with van der Waals surface area (Å²) in [5, 5.41) is 0. The van der Waals surface area contributed by atoms with Gasteiger partial charge in [0.15, 0.2) is 0 Å². The van der Waals surface area contributed by atoms with Gasteiger partial charge in [-0.15, -0.1) is 0 Å². The van der Waals surface area contributed by atoms with E-state index < -0.39 is 18.1 Å². The van der Waals surface area contributed by atoms with Crippen LogP contribution >= 0.6 is 0 Å². The Morgan fingerprint density at radius 2 is 1.95 bits per heavy atom. The number of carbonyl (C=O) groups excluding carboxylic acids is 3. The molecular weight excluding hydrogens is 250 g/mol. The molecule has 0 aliphatic carbocycles. The molecule has 1 amide bonds. The molecule has 1 fully saturated rings. The van der Waals surface area contributed by atoms with Crippen LogP contribution in [0.4, 0.5) is 4.79 Å². The van der Waals surface area contributed by atoms with E-state index in [2.05, 4.69) is 0 Å². The summed E-state index contributed by atoms with van der Waals surface area (Å²) < 4.78 is 9.96. The van der Waals surface area contributed by atoms with Gasteiger partial charge in [0, 0.05) is 13.0 Å². The Kier molecular flexibility index (Phi) is 6.32. The maximum absolute atomic E-state index is 12.0. The summed E-state index contributed by atoms with van der Waals surface area (Å²) in [6.07, 6.45) is 2.00. The van der Waals surface area contributed by atoms with Gasteiger partial charge in [-0.3, -0.25) is 4.90 Å². The van der Waals surface area contributed by atoms with E-state index in [4.69, 9.17) is 9.47 Å². The second-order valence-electron chi connectivity index (χ2n) is 4.38. The van der Waals surface area contributed by atoms with E-state index in [0.29, 0.717) is 25.8 Å². The molecule has 1 aliphatic rings. The topological polar surface area (TPSA) is 72.9 Å². The van der Waals surface area contributed by atoms with E-state index in [1.54, 1.807) is 13.8 Å². The van der Waals surface area contributed by atoms with Gasteiger partial charge in [0.2, 0.25) is 0 Å². The van der Waals surface area contributed by atoms with Gasteiger partial charge in [-0.25, -0.2) is 9.59 Å². The molecule has 2 atom stereocenters. The van der Waals surface area contributed by atoms with Crippen LogP contribution in [-0.2, 0) is 19.1 Å². The molecule has 2 unspecified atom stereocenters. The van der Waals surface area contributed by atoms with Crippen molar-refractivity contribution in [3.8, 4) is 0 Å². The maximum atomic E-state index is 12.0. The maximum Gasteiger partial charge on any atom is 0.410 e. The SMILES string of the molecule is CCOC(=O)C1C(CCC=O)CCN1C(=O)OCC. The molecule has 0 aromatic heterocycles. The summed E-state index contributed by atoms with van der Waals surface area (Å²) in [5.41, 5.74) is 0. The number of esters is 1. The van der Waals surface area contributed by atoms with Gasteiger partial charge in [0.05, 0.1) is 13.2 Å². The Balaban J connectivity index is 2.77. The van der Waals surface area contributed by atoms with E-state index in [1.807, 2.05) is 0 Å². The van der Waals surface area contributed by atoms with E-state index in [1.165, 1.54) is 4.90 Å². The van der Waals surface area contributed by atoms with Crippen LogP contribution in [0.5, 0.6) is 0 Å². The molecule has 1 heterocycles. The lowest BCUT2D eigenvalue weighted by Gasteiger charge is -2.25. The van der Waals surface area contributed by atoms with Crippen molar-refractivity contribution < 1.29 is 23.9 Å². The largest absolute Gasteiger partial charge is 0.464 e. The average Bonchev–Trinajstić information content (AvgIpc) is 2.80. The first-order valence-corrected chi connectivity index (χ1v) is 6.69. The van der Waals surface area contributed by atoms with Gasteiger partial charge >= 0.3 is 12.1 Å². The Morgan fingerprint density at radius 3 is 2.53 bits per heavy atom. The van der Waals surface area contributed by atoms with Crippen molar-refractivity contribution >= 4 is 18.3 Å². The van der Waals surface area contributed by atoms with Crippen molar-refractivity contribution in [1.82, 2.24) is 4.90 Å². The van der Waals surface area contributed by atoms with Gasteiger partial charge in [-0.05, 0) is 32.6 Å². The van der Waals surface area contributed by atoms with E-state index >= 15 is 0 Å². The zero-order valence-corrected chi connectivity index (χ0v) is 11.5. The van der Waals surface area contributed by atoms with Crippen LogP contribution in [0.2, 0.25) is 0 Å². The van der Waals surface area contributed by atoms with Gasteiger partial charge in [-0.2, -0.15) is 0 Å². The Labute approximate surface area is 113 Å². The third-order valence-electron chi connectivity index (χ3n) is 3.21. The van der Waals surface area contributed by atoms with Crippen LogP contribution in [0.25, 0.3) is 0 Å². The molecule has 0 N–H and O–H groups in total. The smallest absolute Gasteiger partial charge is 0.410 e. The predicted molar refractivity (Wildman–Crippen MR) is 67.6 cm³/mol. The van der Waals surface area contributed by atoms with Crippen molar-refractivity contribution in [1.29, 1.82) is 0 Å². The van der Waals surface area contributed by atoms with Gasteiger partial charge in [-0.1, -0.05) is 0 Å². The number of rotatable bonds is 6. The Bertz CT molecular complexity index is 331. The zero-order chi connectivity index (χ0) is 14.3. The number of ether oxygens (including phenoxy) is 2. The highest BCUT2D eigenvalue weighted by atomic mass is 16.6. The molecule has 6 nitrogen and oxygen atoms in total. The van der Waals surface area contributed by atoms with E-state index in [0.717, 1.165) is 6.29 Å². The summed E-state index contributed by atoms with van der Waals surface area (Å²) in [5.74, 6) is -0.447. The van der Waals surface area contributed by atoms with E-state index in [-0.39, 0.29) is 19.1 Å². The van der Waals surface area contributed by atoms with Crippen molar-refractivity contribution in [3.05, 3.63) is 0 Å². The third kappa shape index (κ3) is 3.94. The fourth-order valence-electron chi connectivity index (χ4n) is 2.40. The Morgan fingerprint density at radius 1 is 1.26 bits per heavy atom. The van der Waals surface area contributed by atoms with Crippen LogP contribution in [0.15, 0.2) is 0 Å². The standard InChI is InChI=1S/C13H21NO5/c1-3-18-12(16)11-10(6-5-9-15)7-8-14(11)13(17)19-4-2/h9-11H,3-8H2,1-2H3. The van der Waals surface area contributed by atoms with Crippen LogP contribution in [0.3, 0.4) is 0 Å². The third-order valence-corrected chi connectivity index (χ3v) is 3.21. The first-order valence-electron chi connectivity index (χ1n) is 6.69. The molecule has 0 spiro atoms. The monoisotopic (exact) mass is 271 g/mol. The first-order chi connectivity index (χ1) is 9.15. The lowest BCUT2D eigenvalue weighted by Crippen LogP contribution is -2.44. The summed E-state index contributed by atoms with van der Waals surface area (Å²) in [6.45, 7) is 4.45. The zero-order valence-electron chi connectivity index (χ0n) is 11.5. The number of nitrogens with zero attached hydrogens (tertiary/aromatic N) is 1. The molecule has 0 bridgehead atoms. The lowest BCUT2D eigenvalue weighted by atomic mass is 9.95. The summed E-state index contributed by atoms with van der Waals surface area (Å²) >= 11 is 0. The second kappa shape index (κ2) is 7.76. The normalized spacial score (nSPS) is 22.1. The quantitative estimate of drug-likeness (QED) is 0.539. The molecule has 0 aromatic carbocycles. The molecule has 0 radical (unpaired) electrons. The van der Waals surface area contributed by atoms with Crippen molar-refractivity contribution in [2.24, 2.45) is 5.92 Å². The molecule has 6 heteroatoms. The van der Waals surface area contributed by atoms with Crippen molar-refractivity contribution in [2.45, 2.75) is 39.2 Å². The fraction of sp³-hybridized carbons (Fsp3) is 0.769. The van der Waals surface area contributed by atoms with Gasteiger partial charge in [0.1, 0.15) is 12.3 Å². The second-order valence-corrected chi connectivity index (χ2v) is 4.38. The predicted octanol–water partition coefficient (Wildman–Crippen LogP) is 1.38. The van der Waals surface area contributed by atoms with E-state index in [9.17, 15) is 14.4 Å². The minimum absolute atomic E-state index is 0.0337. The number of likely N-dealkylation sites (tertiary alicyclic amines) is 1. The number of hydrogen-bond acceptors (Lipinski definition) is 5. The molecule has 1 saturated heterocycles. The molecule has 1 aliphatic heterocycles. The minimum Gasteiger partial charge on any atom is -0.464 e. The highest BCUT2D eigenvalue weighted by Crippen LogP contribution is 2.29. The summed E-state index contributed by atoms with van der Waals surface area (Å²) in [7, 11) is 0. The van der Waals surface area contributed by atoms with Crippen molar-refractivity contribution in [3.63, 3.8) is 0 Å². The number of carbonyl (C=O) groups is 3. The van der Waals surface area contributed by atoms with Crippen LogP contribution < -0.4 is 0 Å². The van der Waals surface area contributed by atoms with Crippen LogP contribution in [-0.4, -0.2) is 49.0 Å². The highest BCUT2D eigenvalue weighted by Gasteiger charge is 2.43. The summed E-state index contributed by atoms with van der Waals surface area (Å²) in [6, 6.07) is -0.626. The highest BCUT2D eigenvalue weighted by molar-refractivity contribution is 5.82. The fourth-order valence-corrected chi connectivity index (χ4v) is 2.40. The molecular formula is C13H21NO5.